The fourth-order valence-corrected chi connectivity index (χ4v) is 1.75. The molecule has 0 aliphatic rings. The highest BCUT2D eigenvalue weighted by atomic mass is 35.5. The third-order valence-electron chi connectivity index (χ3n) is 1.27. The van der Waals surface area contributed by atoms with E-state index in [1.54, 1.807) is 17.2 Å². The summed E-state index contributed by atoms with van der Waals surface area (Å²) < 4.78 is 0.316. The van der Waals surface area contributed by atoms with Crippen molar-refractivity contribution in [3.63, 3.8) is 0 Å². The monoisotopic (exact) mass is 218 g/mol. The maximum absolute atomic E-state index is 5.45. The minimum atomic E-state index is 0.316. The summed E-state index contributed by atoms with van der Waals surface area (Å²) in [6.45, 7) is 0. The van der Waals surface area contributed by atoms with Crippen molar-refractivity contribution < 1.29 is 0 Å². The summed E-state index contributed by atoms with van der Waals surface area (Å²) in [6, 6.07) is 10.2. The van der Waals surface area contributed by atoms with E-state index in [9.17, 15) is 0 Å². The SMILES string of the molecule is ClC(Cl)=CSCc1ccccc1. The number of thioether (sulfide) groups is 1. The summed E-state index contributed by atoms with van der Waals surface area (Å²) in [5.41, 5.74) is 1.27. The van der Waals surface area contributed by atoms with Gasteiger partial charge in [-0.3, -0.25) is 0 Å². The molecule has 0 aromatic heterocycles. The third kappa shape index (κ3) is 4.05. The van der Waals surface area contributed by atoms with E-state index in [-0.39, 0.29) is 0 Å². The van der Waals surface area contributed by atoms with Gasteiger partial charge in [0.05, 0.1) is 0 Å². The van der Waals surface area contributed by atoms with E-state index in [0.29, 0.717) is 4.49 Å². The van der Waals surface area contributed by atoms with Gasteiger partial charge in [-0.2, -0.15) is 0 Å². The summed E-state index contributed by atoms with van der Waals surface area (Å²) in [4.78, 5) is 0. The van der Waals surface area contributed by atoms with E-state index in [1.165, 1.54) is 5.56 Å². The van der Waals surface area contributed by atoms with Gasteiger partial charge in [-0.15, -0.1) is 11.8 Å². The number of hydrogen-bond acceptors (Lipinski definition) is 1. The lowest BCUT2D eigenvalue weighted by atomic mass is 10.2. The molecule has 0 atom stereocenters. The van der Waals surface area contributed by atoms with E-state index in [4.69, 9.17) is 23.2 Å². The highest BCUT2D eigenvalue weighted by Crippen LogP contribution is 2.18. The van der Waals surface area contributed by atoms with Gasteiger partial charge in [0.15, 0.2) is 0 Å². The molecule has 0 heterocycles. The molecule has 1 aromatic carbocycles. The molecule has 0 unspecified atom stereocenters. The first-order valence-electron chi connectivity index (χ1n) is 3.46. The van der Waals surface area contributed by atoms with Crippen LogP contribution in [-0.4, -0.2) is 0 Å². The summed E-state index contributed by atoms with van der Waals surface area (Å²) in [6.07, 6.45) is 0. The number of halogens is 2. The molecule has 0 saturated carbocycles. The van der Waals surface area contributed by atoms with Crippen LogP contribution in [-0.2, 0) is 5.75 Å². The van der Waals surface area contributed by atoms with Gasteiger partial charge in [-0.25, -0.2) is 0 Å². The zero-order valence-corrected chi connectivity index (χ0v) is 8.66. The van der Waals surface area contributed by atoms with Crippen LogP contribution in [0.1, 0.15) is 5.56 Å². The van der Waals surface area contributed by atoms with Crippen LogP contribution >= 0.6 is 35.0 Å². The summed E-state index contributed by atoms with van der Waals surface area (Å²) in [5, 5.41) is 1.73. The molecule has 0 bridgehead atoms. The van der Waals surface area contributed by atoms with Crippen LogP contribution in [0.5, 0.6) is 0 Å². The van der Waals surface area contributed by atoms with E-state index in [0.717, 1.165) is 5.75 Å². The number of hydrogen-bond donors (Lipinski definition) is 0. The molecule has 0 aliphatic heterocycles. The zero-order valence-electron chi connectivity index (χ0n) is 6.34. The van der Waals surface area contributed by atoms with Gasteiger partial charge in [-0.1, -0.05) is 53.5 Å². The molecule has 0 nitrogen and oxygen atoms in total. The number of benzene rings is 1. The highest BCUT2D eigenvalue weighted by Gasteiger charge is 1.89. The van der Waals surface area contributed by atoms with Gasteiger partial charge < -0.3 is 0 Å². The second-order valence-corrected chi connectivity index (χ2v) is 4.07. The van der Waals surface area contributed by atoms with E-state index < -0.39 is 0 Å². The lowest BCUT2D eigenvalue weighted by Gasteiger charge is -1.95. The van der Waals surface area contributed by atoms with E-state index >= 15 is 0 Å². The first-order chi connectivity index (χ1) is 5.79. The Kier molecular flexibility index (Phi) is 4.59. The van der Waals surface area contributed by atoms with Crippen molar-refractivity contribution in [2.75, 3.05) is 0 Å². The summed E-state index contributed by atoms with van der Waals surface area (Å²) >= 11 is 12.5. The predicted octanol–water partition coefficient (Wildman–Crippen LogP) is 4.20. The van der Waals surface area contributed by atoms with Gasteiger partial charge >= 0.3 is 0 Å². The Bertz CT molecular complexity index is 252. The van der Waals surface area contributed by atoms with Crippen LogP contribution in [0.25, 0.3) is 0 Å². The highest BCUT2D eigenvalue weighted by molar-refractivity contribution is 8.01. The normalized spacial score (nSPS) is 9.50. The molecule has 0 aliphatic carbocycles. The molecule has 0 amide bonds. The number of rotatable bonds is 3. The fourth-order valence-electron chi connectivity index (χ4n) is 0.775. The van der Waals surface area contributed by atoms with E-state index in [2.05, 4.69) is 12.1 Å². The van der Waals surface area contributed by atoms with Crippen LogP contribution < -0.4 is 0 Å². The Morgan fingerprint density at radius 1 is 1.25 bits per heavy atom. The van der Waals surface area contributed by atoms with Crippen molar-refractivity contribution in [1.82, 2.24) is 0 Å². The molecular weight excluding hydrogens is 211 g/mol. The van der Waals surface area contributed by atoms with Crippen molar-refractivity contribution in [1.29, 1.82) is 0 Å². The predicted molar refractivity (Wildman–Crippen MR) is 57.5 cm³/mol. The second kappa shape index (κ2) is 5.52. The van der Waals surface area contributed by atoms with Crippen molar-refractivity contribution in [3.05, 3.63) is 45.8 Å². The van der Waals surface area contributed by atoms with E-state index in [1.807, 2.05) is 18.2 Å². The van der Waals surface area contributed by atoms with Crippen LogP contribution in [0.2, 0.25) is 0 Å². The molecule has 0 radical (unpaired) electrons. The Labute approximate surface area is 86.6 Å². The summed E-state index contributed by atoms with van der Waals surface area (Å²) in [7, 11) is 0. The van der Waals surface area contributed by atoms with Gasteiger partial charge in [-0.05, 0) is 5.56 Å². The average Bonchev–Trinajstić information content (AvgIpc) is 2.05. The Hall–Kier alpha value is -0.110. The maximum Gasteiger partial charge on any atom is 0.113 e. The lowest BCUT2D eigenvalue weighted by molar-refractivity contribution is 1.42. The fraction of sp³-hybridized carbons (Fsp3) is 0.111. The smallest absolute Gasteiger partial charge is 0.113 e. The van der Waals surface area contributed by atoms with Crippen molar-refractivity contribution in [3.8, 4) is 0 Å². The third-order valence-corrected chi connectivity index (χ3v) is 2.64. The first kappa shape index (κ1) is 9.97. The molecule has 0 spiro atoms. The topological polar surface area (TPSA) is 0 Å². The largest absolute Gasteiger partial charge is 0.127 e. The second-order valence-electron chi connectivity index (χ2n) is 2.20. The quantitative estimate of drug-likeness (QED) is 0.734. The molecule has 0 saturated heterocycles. The van der Waals surface area contributed by atoms with Gasteiger partial charge in [0, 0.05) is 11.2 Å². The molecule has 1 aromatic rings. The lowest BCUT2D eigenvalue weighted by Crippen LogP contribution is -1.75. The van der Waals surface area contributed by atoms with Gasteiger partial charge in [0.2, 0.25) is 0 Å². The maximum atomic E-state index is 5.45. The molecular formula is C9H8Cl2S. The van der Waals surface area contributed by atoms with Crippen LogP contribution in [0.15, 0.2) is 40.2 Å². The molecule has 64 valence electrons. The van der Waals surface area contributed by atoms with Crippen LogP contribution in [0.4, 0.5) is 0 Å². The Morgan fingerprint density at radius 2 is 1.92 bits per heavy atom. The van der Waals surface area contributed by atoms with Crippen molar-refractivity contribution in [2.45, 2.75) is 5.75 Å². The van der Waals surface area contributed by atoms with Gasteiger partial charge in [0.25, 0.3) is 0 Å². The van der Waals surface area contributed by atoms with Crippen molar-refractivity contribution >= 4 is 35.0 Å². The Morgan fingerprint density at radius 3 is 2.50 bits per heavy atom. The standard InChI is InChI=1S/C9H8Cl2S/c10-9(11)7-12-6-8-4-2-1-3-5-8/h1-5,7H,6H2. The molecule has 0 fully saturated rings. The minimum Gasteiger partial charge on any atom is -0.127 e. The Balaban J connectivity index is 2.39. The zero-order chi connectivity index (χ0) is 8.81. The summed E-state index contributed by atoms with van der Waals surface area (Å²) in [5.74, 6) is 0.907. The average molecular weight is 219 g/mol. The molecule has 3 heteroatoms. The molecule has 12 heavy (non-hydrogen) atoms. The van der Waals surface area contributed by atoms with Crippen LogP contribution in [0, 0.1) is 0 Å². The molecule has 0 N–H and O–H groups in total. The van der Waals surface area contributed by atoms with Crippen molar-refractivity contribution in [2.24, 2.45) is 0 Å². The van der Waals surface area contributed by atoms with Gasteiger partial charge in [0.1, 0.15) is 4.49 Å². The van der Waals surface area contributed by atoms with Crippen LogP contribution in [0.3, 0.4) is 0 Å². The minimum absolute atomic E-state index is 0.316. The first-order valence-corrected chi connectivity index (χ1v) is 5.26. The molecule has 1 rings (SSSR count).